The smallest absolute Gasteiger partial charge is 0.307 e. The molecule has 92 valence electrons. The fourth-order valence-corrected chi connectivity index (χ4v) is 1.31. The van der Waals surface area contributed by atoms with E-state index in [4.69, 9.17) is 5.11 Å². The van der Waals surface area contributed by atoms with Gasteiger partial charge in [-0.3, -0.25) is 9.59 Å². The molecule has 1 aliphatic rings. The van der Waals surface area contributed by atoms with Crippen molar-refractivity contribution in [2.45, 2.75) is 38.6 Å². The summed E-state index contributed by atoms with van der Waals surface area (Å²) in [7, 11) is 0. The van der Waals surface area contributed by atoms with Gasteiger partial charge in [-0.05, 0) is 25.8 Å². The first kappa shape index (κ1) is 13.0. The Morgan fingerprint density at radius 3 is 2.69 bits per heavy atom. The van der Waals surface area contributed by atoms with E-state index in [1.807, 2.05) is 0 Å². The Bertz CT molecular complexity index is 252. The van der Waals surface area contributed by atoms with Crippen molar-refractivity contribution in [2.24, 2.45) is 5.92 Å². The standard InChI is InChI=1S/C11H20N2O3/c1-8(11(15)16)7-12-6-2-3-10(14)13-9-4-5-9/h8-9,12H,2-7H2,1H3,(H,13,14)(H,15,16). The van der Waals surface area contributed by atoms with Crippen molar-refractivity contribution in [2.75, 3.05) is 13.1 Å². The Hall–Kier alpha value is -1.10. The summed E-state index contributed by atoms with van der Waals surface area (Å²) in [6.45, 7) is 2.81. The second-order valence-electron chi connectivity index (χ2n) is 4.39. The van der Waals surface area contributed by atoms with E-state index in [1.54, 1.807) is 6.92 Å². The van der Waals surface area contributed by atoms with Crippen LogP contribution in [-0.2, 0) is 9.59 Å². The van der Waals surface area contributed by atoms with Crippen LogP contribution in [0.5, 0.6) is 0 Å². The minimum absolute atomic E-state index is 0.107. The van der Waals surface area contributed by atoms with Gasteiger partial charge in [-0.25, -0.2) is 0 Å². The lowest BCUT2D eigenvalue weighted by atomic mass is 10.2. The molecule has 1 rings (SSSR count). The number of carboxylic acid groups (broad SMARTS) is 1. The highest BCUT2D eigenvalue weighted by Crippen LogP contribution is 2.18. The largest absolute Gasteiger partial charge is 0.481 e. The molecule has 0 spiro atoms. The van der Waals surface area contributed by atoms with Gasteiger partial charge in [0.1, 0.15) is 0 Å². The monoisotopic (exact) mass is 228 g/mol. The van der Waals surface area contributed by atoms with E-state index in [1.165, 1.54) is 0 Å². The summed E-state index contributed by atoms with van der Waals surface area (Å²) >= 11 is 0. The van der Waals surface area contributed by atoms with E-state index in [-0.39, 0.29) is 11.8 Å². The predicted molar refractivity (Wildman–Crippen MR) is 60.1 cm³/mol. The highest BCUT2D eigenvalue weighted by Gasteiger charge is 2.22. The molecule has 1 saturated carbocycles. The molecule has 1 amide bonds. The van der Waals surface area contributed by atoms with Crippen LogP contribution in [0.3, 0.4) is 0 Å². The molecule has 0 aromatic heterocycles. The van der Waals surface area contributed by atoms with Crippen molar-refractivity contribution in [1.29, 1.82) is 0 Å². The van der Waals surface area contributed by atoms with Crippen LogP contribution in [0.25, 0.3) is 0 Å². The maximum atomic E-state index is 11.3. The van der Waals surface area contributed by atoms with Crippen molar-refractivity contribution >= 4 is 11.9 Å². The molecule has 1 atom stereocenters. The van der Waals surface area contributed by atoms with Crippen LogP contribution in [0, 0.1) is 5.92 Å². The van der Waals surface area contributed by atoms with E-state index in [0.717, 1.165) is 19.3 Å². The van der Waals surface area contributed by atoms with Crippen LogP contribution < -0.4 is 10.6 Å². The molecule has 1 aliphatic carbocycles. The summed E-state index contributed by atoms with van der Waals surface area (Å²) in [6, 6.07) is 0.424. The lowest BCUT2D eigenvalue weighted by Gasteiger charge is -2.08. The molecular formula is C11H20N2O3. The van der Waals surface area contributed by atoms with E-state index >= 15 is 0 Å². The summed E-state index contributed by atoms with van der Waals surface area (Å²) in [5.41, 5.74) is 0. The number of hydrogen-bond acceptors (Lipinski definition) is 3. The zero-order valence-electron chi connectivity index (χ0n) is 9.66. The first-order valence-electron chi connectivity index (χ1n) is 5.82. The lowest BCUT2D eigenvalue weighted by molar-refractivity contribution is -0.141. The number of carbonyl (C=O) groups is 2. The number of amides is 1. The van der Waals surface area contributed by atoms with Crippen molar-refractivity contribution in [3.8, 4) is 0 Å². The molecular weight excluding hydrogens is 208 g/mol. The average Bonchev–Trinajstić information content (AvgIpc) is 3.00. The van der Waals surface area contributed by atoms with Gasteiger partial charge in [-0.1, -0.05) is 6.92 Å². The minimum atomic E-state index is -0.793. The van der Waals surface area contributed by atoms with Gasteiger partial charge in [0.2, 0.25) is 5.91 Å². The molecule has 0 aliphatic heterocycles. The number of carbonyl (C=O) groups excluding carboxylic acids is 1. The van der Waals surface area contributed by atoms with Crippen LogP contribution in [0.4, 0.5) is 0 Å². The lowest BCUT2D eigenvalue weighted by Crippen LogP contribution is -2.29. The van der Waals surface area contributed by atoms with Crippen molar-refractivity contribution in [3.63, 3.8) is 0 Å². The van der Waals surface area contributed by atoms with Gasteiger partial charge in [0.15, 0.2) is 0 Å². The van der Waals surface area contributed by atoms with Crippen LogP contribution in [0.1, 0.15) is 32.6 Å². The fraction of sp³-hybridized carbons (Fsp3) is 0.818. The topological polar surface area (TPSA) is 78.4 Å². The Morgan fingerprint density at radius 2 is 2.12 bits per heavy atom. The van der Waals surface area contributed by atoms with E-state index < -0.39 is 5.97 Å². The number of carboxylic acids is 1. The maximum Gasteiger partial charge on any atom is 0.307 e. The molecule has 0 saturated heterocycles. The fourth-order valence-electron chi connectivity index (χ4n) is 1.31. The molecule has 3 N–H and O–H groups in total. The Morgan fingerprint density at radius 1 is 1.44 bits per heavy atom. The highest BCUT2D eigenvalue weighted by molar-refractivity contribution is 5.76. The first-order chi connectivity index (χ1) is 7.59. The third-order valence-electron chi connectivity index (χ3n) is 2.57. The van der Waals surface area contributed by atoms with Crippen LogP contribution >= 0.6 is 0 Å². The number of hydrogen-bond donors (Lipinski definition) is 3. The van der Waals surface area contributed by atoms with Gasteiger partial charge in [0.05, 0.1) is 5.92 Å². The summed E-state index contributed by atoms with van der Waals surface area (Å²) in [6.07, 6.45) is 3.50. The molecule has 0 aromatic carbocycles. The van der Waals surface area contributed by atoms with Gasteiger partial charge in [-0.2, -0.15) is 0 Å². The van der Waals surface area contributed by atoms with Gasteiger partial charge in [0.25, 0.3) is 0 Å². The molecule has 1 fully saturated rings. The highest BCUT2D eigenvalue weighted by atomic mass is 16.4. The quantitative estimate of drug-likeness (QED) is 0.524. The van der Waals surface area contributed by atoms with Gasteiger partial charge in [-0.15, -0.1) is 0 Å². The van der Waals surface area contributed by atoms with Crippen LogP contribution in [0.2, 0.25) is 0 Å². The van der Waals surface area contributed by atoms with Crippen molar-refractivity contribution in [1.82, 2.24) is 10.6 Å². The van der Waals surface area contributed by atoms with E-state index in [0.29, 0.717) is 25.6 Å². The molecule has 16 heavy (non-hydrogen) atoms. The molecule has 1 unspecified atom stereocenters. The first-order valence-corrected chi connectivity index (χ1v) is 5.82. The van der Waals surface area contributed by atoms with Crippen LogP contribution in [0.15, 0.2) is 0 Å². The molecule has 0 bridgehead atoms. The predicted octanol–water partition coefficient (Wildman–Crippen LogP) is 0.355. The van der Waals surface area contributed by atoms with Gasteiger partial charge >= 0.3 is 5.97 Å². The normalized spacial score (nSPS) is 16.8. The molecule has 0 aromatic rings. The molecule has 5 nitrogen and oxygen atoms in total. The van der Waals surface area contributed by atoms with Crippen LogP contribution in [-0.4, -0.2) is 36.1 Å². The third-order valence-corrected chi connectivity index (χ3v) is 2.57. The third kappa shape index (κ3) is 5.70. The molecule has 5 heteroatoms. The Balaban J connectivity index is 1.90. The van der Waals surface area contributed by atoms with Gasteiger partial charge in [0, 0.05) is 19.0 Å². The Labute approximate surface area is 95.6 Å². The van der Waals surface area contributed by atoms with Crippen molar-refractivity contribution in [3.05, 3.63) is 0 Å². The second-order valence-corrected chi connectivity index (χ2v) is 4.39. The minimum Gasteiger partial charge on any atom is -0.481 e. The summed E-state index contributed by atoms with van der Waals surface area (Å²) in [5.74, 6) is -1.06. The van der Waals surface area contributed by atoms with Crippen molar-refractivity contribution < 1.29 is 14.7 Å². The number of rotatable bonds is 8. The van der Waals surface area contributed by atoms with E-state index in [9.17, 15) is 9.59 Å². The molecule has 0 heterocycles. The zero-order valence-corrected chi connectivity index (χ0v) is 9.66. The molecule has 0 radical (unpaired) electrons. The van der Waals surface area contributed by atoms with Gasteiger partial charge < -0.3 is 15.7 Å². The zero-order chi connectivity index (χ0) is 12.0. The number of nitrogens with one attached hydrogen (secondary N) is 2. The summed E-state index contributed by atoms with van der Waals surface area (Å²) in [5, 5.41) is 14.6. The average molecular weight is 228 g/mol. The maximum absolute atomic E-state index is 11.3. The Kier molecular flexibility index (Phi) is 5.25. The SMILES string of the molecule is CC(CNCCCC(=O)NC1CC1)C(=O)O. The summed E-state index contributed by atoms with van der Waals surface area (Å²) in [4.78, 5) is 21.8. The second kappa shape index (κ2) is 6.48. The summed E-state index contributed by atoms with van der Waals surface area (Å²) < 4.78 is 0. The van der Waals surface area contributed by atoms with E-state index in [2.05, 4.69) is 10.6 Å². The number of aliphatic carboxylic acids is 1.